The van der Waals surface area contributed by atoms with Gasteiger partial charge in [0, 0.05) is 17.3 Å². The second kappa shape index (κ2) is 11.5. The van der Waals surface area contributed by atoms with Gasteiger partial charge >= 0.3 is 0 Å². The van der Waals surface area contributed by atoms with Gasteiger partial charge in [-0.15, -0.1) is 0 Å². The molecule has 0 aliphatic rings. The Labute approximate surface area is 206 Å². The molecule has 0 aliphatic heterocycles. The third kappa shape index (κ3) is 6.79. The maximum absolute atomic E-state index is 12.3. The summed E-state index contributed by atoms with van der Waals surface area (Å²) in [5, 5.41) is 7.27. The normalized spacial score (nSPS) is 10.5. The Bertz CT molecular complexity index is 1090. The van der Waals surface area contributed by atoms with Crippen molar-refractivity contribution in [1.29, 1.82) is 0 Å². The van der Waals surface area contributed by atoms with Crippen LogP contribution in [0.1, 0.15) is 18.1 Å². The number of hydrogen-bond acceptors (Lipinski definition) is 4. The van der Waals surface area contributed by atoms with E-state index in [1.807, 2.05) is 50.2 Å². The van der Waals surface area contributed by atoms with Crippen LogP contribution in [0, 0.1) is 6.92 Å². The molecule has 0 radical (unpaired) electrons. The number of anilines is 2. The average molecular weight is 538 g/mol. The fraction of sp³-hybridized carbons (Fsp3) is 0.208. The SMILES string of the molecule is CCOc1cc(CNc2cc(Cl)ccc2Cl)cc(Br)c1OCC(=O)Nc1ccc(C)cc1. The summed E-state index contributed by atoms with van der Waals surface area (Å²) in [5.41, 5.74) is 3.51. The number of carbonyl (C=O) groups is 1. The molecule has 0 fully saturated rings. The van der Waals surface area contributed by atoms with E-state index in [1.165, 1.54) is 0 Å². The van der Waals surface area contributed by atoms with E-state index in [9.17, 15) is 4.79 Å². The zero-order valence-electron chi connectivity index (χ0n) is 17.7. The van der Waals surface area contributed by atoms with Crippen molar-refractivity contribution in [2.24, 2.45) is 0 Å². The zero-order valence-corrected chi connectivity index (χ0v) is 20.8. The lowest BCUT2D eigenvalue weighted by atomic mass is 10.2. The molecule has 0 atom stereocenters. The van der Waals surface area contributed by atoms with E-state index >= 15 is 0 Å². The first-order valence-corrected chi connectivity index (χ1v) is 11.5. The second-order valence-corrected chi connectivity index (χ2v) is 8.72. The van der Waals surface area contributed by atoms with E-state index in [2.05, 4.69) is 26.6 Å². The van der Waals surface area contributed by atoms with Crippen molar-refractivity contribution in [3.8, 4) is 11.5 Å². The molecule has 2 N–H and O–H groups in total. The van der Waals surface area contributed by atoms with E-state index in [-0.39, 0.29) is 12.5 Å². The number of carbonyl (C=O) groups excluding carboxylic acids is 1. The number of halogens is 3. The topological polar surface area (TPSA) is 59.6 Å². The predicted octanol–water partition coefficient (Wildman–Crippen LogP) is 7.09. The number of benzene rings is 3. The minimum Gasteiger partial charge on any atom is -0.490 e. The van der Waals surface area contributed by atoms with Gasteiger partial charge in [0.1, 0.15) is 0 Å². The number of amides is 1. The van der Waals surface area contributed by atoms with Gasteiger partial charge in [-0.3, -0.25) is 4.79 Å². The summed E-state index contributed by atoms with van der Waals surface area (Å²) in [6.45, 7) is 4.67. The molecule has 1 amide bonds. The summed E-state index contributed by atoms with van der Waals surface area (Å²) in [6, 6.07) is 16.6. The minimum absolute atomic E-state index is 0.151. The summed E-state index contributed by atoms with van der Waals surface area (Å²) in [4.78, 5) is 12.3. The van der Waals surface area contributed by atoms with Crippen LogP contribution >= 0.6 is 39.1 Å². The number of ether oxygens (including phenoxy) is 2. The fourth-order valence-electron chi connectivity index (χ4n) is 2.93. The molecule has 0 bridgehead atoms. The fourth-order valence-corrected chi connectivity index (χ4v) is 3.89. The summed E-state index contributed by atoms with van der Waals surface area (Å²) < 4.78 is 12.2. The lowest BCUT2D eigenvalue weighted by Gasteiger charge is -2.16. The molecule has 3 rings (SSSR count). The van der Waals surface area contributed by atoms with E-state index < -0.39 is 0 Å². The first kappa shape index (κ1) is 24.2. The van der Waals surface area contributed by atoms with Crippen molar-refractivity contribution in [3.63, 3.8) is 0 Å². The number of nitrogens with one attached hydrogen (secondary N) is 2. The maximum atomic E-state index is 12.3. The largest absolute Gasteiger partial charge is 0.490 e. The maximum Gasteiger partial charge on any atom is 0.262 e. The van der Waals surface area contributed by atoms with Gasteiger partial charge < -0.3 is 20.1 Å². The predicted molar refractivity (Wildman–Crippen MR) is 134 cm³/mol. The lowest BCUT2D eigenvalue weighted by Crippen LogP contribution is -2.20. The van der Waals surface area contributed by atoms with Crippen LogP contribution in [0.25, 0.3) is 0 Å². The highest BCUT2D eigenvalue weighted by molar-refractivity contribution is 9.10. The van der Waals surface area contributed by atoms with Crippen LogP contribution in [0.2, 0.25) is 10.0 Å². The van der Waals surface area contributed by atoms with Gasteiger partial charge in [0.05, 0.1) is 21.8 Å². The summed E-state index contributed by atoms with van der Waals surface area (Å²) in [5.74, 6) is 0.749. The average Bonchev–Trinajstić information content (AvgIpc) is 2.75. The first-order chi connectivity index (χ1) is 15.4. The van der Waals surface area contributed by atoms with E-state index in [1.54, 1.807) is 18.2 Å². The molecule has 5 nitrogen and oxygen atoms in total. The first-order valence-electron chi connectivity index (χ1n) is 9.99. The molecule has 8 heteroatoms. The Hall–Kier alpha value is -2.41. The molecule has 168 valence electrons. The van der Waals surface area contributed by atoms with Crippen LogP contribution in [-0.2, 0) is 11.3 Å². The van der Waals surface area contributed by atoms with Gasteiger partial charge in [-0.2, -0.15) is 0 Å². The molecule has 0 heterocycles. The number of rotatable bonds is 9. The Morgan fingerprint density at radius 2 is 1.78 bits per heavy atom. The van der Waals surface area contributed by atoms with Crippen LogP contribution in [0.3, 0.4) is 0 Å². The molecule has 0 saturated heterocycles. The molecular weight excluding hydrogens is 515 g/mol. The molecule has 0 saturated carbocycles. The Morgan fingerprint density at radius 3 is 2.50 bits per heavy atom. The van der Waals surface area contributed by atoms with Gasteiger partial charge in [0.15, 0.2) is 18.1 Å². The smallest absolute Gasteiger partial charge is 0.262 e. The van der Waals surface area contributed by atoms with Gasteiger partial charge in [-0.25, -0.2) is 0 Å². The van der Waals surface area contributed by atoms with Gasteiger partial charge in [-0.05, 0) is 77.8 Å². The van der Waals surface area contributed by atoms with Crippen molar-refractivity contribution in [3.05, 3.63) is 80.2 Å². The molecular formula is C24H23BrCl2N2O3. The Balaban J connectivity index is 1.68. The minimum atomic E-state index is -0.260. The van der Waals surface area contributed by atoms with Crippen molar-refractivity contribution in [2.45, 2.75) is 20.4 Å². The third-order valence-electron chi connectivity index (χ3n) is 4.46. The van der Waals surface area contributed by atoms with E-state index in [4.69, 9.17) is 32.7 Å². The number of aryl methyl sites for hydroxylation is 1. The molecule has 3 aromatic carbocycles. The monoisotopic (exact) mass is 536 g/mol. The van der Waals surface area contributed by atoms with Gasteiger partial charge in [0.2, 0.25) is 0 Å². The highest BCUT2D eigenvalue weighted by Gasteiger charge is 2.15. The quantitative estimate of drug-likeness (QED) is 0.306. The third-order valence-corrected chi connectivity index (χ3v) is 5.62. The van der Waals surface area contributed by atoms with Crippen LogP contribution in [0.5, 0.6) is 11.5 Å². The van der Waals surface area contributed by atoms with E-state index in [0.717, 1.165) is 22.5 Å². The van der Waals surface area contributed by atoms with Crippen molar-refractivity contribution >= 4 is 56.4 Å². The second-order valence-electron chi connectivity index (χ2n) is 7.02. The molecule has 0 unspecified atom stereocenters. The number of hydrogen-bond donors (Lipinski definition) is 2. The lowest BCUT2D eigenvalue weighted by molar-refractivity contribution is -0.118. The van der Waals surface area contributed by atoms with Crippen molar-refractivity contribution < 1.29 is 14.3 Å². The molecule has 3 aromatic rings. The molecule has 0 aliphatic carbocycles. The standard InChI is InChI=1S/C24H23BrCl2N2O3/c1-3-31-22-11-16(13-28-21-12-17(26)6-9-20(21)27)10-19(25)24(22)32-14-23(30)29-18-7-4-15(2)5-8-18/h4-12,28H,3,13-14H2,1-2H3,(H,29,30). The highest BCUT2D eigenvalue weighted by Crippen LogP contribution is 2.37. The van der Waals surface area contributed by atoms with Gasteiger partial charge in [-0.1, -0.05) is 40.9 Å². The molecule has 0 spiro atoms. The molecule has 32 heavy (non-hydrogen) atoms. The summed E-state index contributed by atoms with van der Waals surface area (Å²) in [6.07, 6.45) is 0. The van der Waals surface area contributed by atoms with Crippen molar-refractivity contribution in [2.75, 3.05) is 23.8 Å². The van der Waals surface area contributed by atoms with Crippen LogP contribution in [0.15, 0.2) is 59.1 Å². The van der Waals surface area contributed by atoms with Crippen LogP contribution in [-0.4, -0.2) is 19.1 Å². The summed E-state index contributed by atoms with van der Waals surface area (Å²) >= 11 is 15.8. The molecule has 0 aromatic heterocycles. The van der Waals surface area contributed by atoms with Crippen LogP contribution in [0.4, 0.5) is 11.4 Å². The van der Waals surface area contributed by atoms with Crippen molar-refractivity contribution in [1.82, 2.24) is 0 Å². The Morgan fingerprint density at radius 1 is 1.03 bits per heavy atom. The summed E-state index contributed by atoms with van der Waals surface area (Å²) in [7, 11) is 0. The Kier molecular flexibility index (Phi) is 8.67. The van der Waals surface area contributed by atoms with E-state index in [0.29, 0.717) is 39.2 Å². The zero-order chi connectivity index (χ0) is 23.1. The highest BCUT2D eigenvalue weighted by atomic mass is 79.9. The van der Waals surface area contributed by atoms with Gasteiger partial charge in [0.25, 0.3) is 5.91 Å². The van der Waals surface area contributed by atoms with Crippen LogP contribution < -0.4 is 20.1 Å².